The van der Waals surface area contributed by atoms with Gasteiger partial charge in [-0.3, -0.25) is 4.79 Å². The van der Waals surface area contributed by atoms with Crippen LogP contribution in [0.25, 0.3) is 10.8 Å². The van der Waals surface area contributed by atoms with E-state index in [-0.39, 0.29) is 11.9 Å². The minimum atomic E-state index is -0.325. The monoisotopic (exact) mass is 359 g/mol. The Bertz CT molecular complexity index is 930. The number of carbonyl (C=O) groups excluding carboxylic acids is 1. The number of rotatable bonds is 5. The smallest absolute Gasteiger partial charge is 0.246 e. The van der Waals surface area contributed by atoms with Gasteiger partial charge in [0.15, 0.2) is 0 Å². The Morgan fingerprint density at radius 3 is 2.30 bits per heavy atom. The van der Waals surface area contributed by atoms with Crippen LogP contribution in [0.15, 0.2) is 66.7 Å². The van der Waals surface area contributed by atoms with Crippen molar-refractivity contribution in [2.24, 2.45) is 0 Å². The highest BCUT2D eigenvalue weighted by Gasteiger charge is 2.15. The van der Waals surface area contributed by atoms with E-state index in [2.05, 4.69) is 39.8 Å². The third kappa shape index (κ3) is 4.05. The van der Waals surface area contributed by atoms with Gasteiger partial charge in [-0.2, -0.15) is 0 Å². The summed E-state index contributed by atoms with van der Waals surface area (Å²) in [6.07, 6.45) is 2.54. The molecule has 0 aliphatic carbocycles. The fourth-order valence-electron chi connectivity index (χ4n) is 3.58. The molecular formula is C23H25N3O. The molecular weight excluding hydrogens is 334 g/mol. The first-order valence-electron chi connectivity index (χ1n) is 9.60. The van der Waals surface area contributed by atoms with Crippen LogP contribution in [-0.2, 0) is 4.79 Å². The number of anilines is 3. The summed E-state index contributed by atoms with van der Waals surface area (Å²) in [7, 11) is 0. The second kappa shape index (κ2) is 7.70. The predicted octanol–water partition coefficient (Wildman–Crippen LogP) is 4.88. The molecule has 1 saturated heterocycles. The molecule has 1 amide bonds. The van der Waals surface area contributed by atoms with Crippen molar-refractivity contribution in [3.05, 3.63) is 66.7 Å². The van der Waals surface area contributed by atoms with Crippen LogP contribution in [-0.4, -0.2) is 25.0 Å². The standard InChI is InChI=1S/C23H25N3O/c1-17(24-20-10-12-22(13-11-20)26-14-4-5-15-26)23(27)25-21-9-8-18-6-2-3-7-19(18)16-21/h2-3,6-13,16-17,24H,4-5,14-15H2,1H3,(H,25,27)/t17-/m0/s1. The average Bonchev–Trinajstić information content (AvgIpc) is 3.23. The SMILES string of the molecule is C[C@H](Nc1ccc(N2CCCC2)cc1)C(=O)Nc1ccc2ccccc2c1. The van der Waals surface area contributed by atoms with Crippen molar-refractivity contribution in [1.82, 2.24) is 0 Å². The van der Waals surface area contributed by atoms with E-state index >= 15 is 0 Å². The molecule has 1 atom stereocenters. The molecule has 4 nitrogen and oxygen atoms in total. The Morgan fingerprint density at radius 1 is 0.889 bits per heavy atom. The fraction of sp³-hybridized carbons (Fsp3) is 0.261. The highest BCUT2D eigenvalue weighted by Crippen LogP contribution is 2.23. The topological polar surface area (TPSA) is 44.4 Å². The van der Waals surface area contributed by atoms with Crippen LogP contribution in [0.3, 0.4) is 0 Å². The summed E-state index contributed by atoms with van der Waals surface area (Å²) in [5.41, 5.74) is 3.03. The molecule has 1 aliphatic heterocycles. The number of amides is 1. The van der Waals surface area contributed by atoms with E-state index in [0.29, 0.717) is 0 Å². The summed E-state index contributed by atoms with van der Waals surface area (Å²) in [5, 5.41) is 8.57. The zero-order valence-corrected chi connectivity index (χ0v) is 15.6. The molecule has 1 fully saturated rings. The first kappa shape index (κ1) is 17.4. The van der Waals surface area contributed by atoms with Gasteiger partial charge in [0, 0.05) is 30.2 Å². The third-order valence-electron chi connectivity index (χ3n) is 5.13. The van der Waals surface area contributed by atoms with Crippen molar-refractivity contribution in [3.8, 4) is 0 Å². The zero-order chi connectivity index (χ0) is 18.6. The van der Waals surface area contributed by atoms with Crippen LogP contribution in [0, 0.1) is 0 Å². The molecule has 0 saturated carbocycles. The average molecular weight is 359 g/mol. The van der Waals surface area contributed by atoms with Gasteiger partial charge in [-0.1, -0.05) is 30.3 Å². The Labute approximate surface area is 160 Å². The molecule has 2 N–H and O–H groups in total. The van der Waals surface area contributed by atoms with Crippen LogP contribution in [0.4, 0.5) is 17.1 Å². The van der Waals surface area contributed by atoms with Gasteiger partial charge in [0.25, 0.3) is 0 Å². The number of hydrogen-bond donors (Lipinski definition) is 2. The van der Waals surface area contributed by atoms with E-state index in [4.69, 9.17) is 0 Å². The quantitative estimate of drug-likeness (QED) is 0.682. The second-order valence-electron chi connectivity index (χ2n) is 7.16. The van der Waals surface area contributed by atoms with Crippen molar-refractivity contribution >= 4 is 33.7 Å². The molecule has 4 heteroatoms. The highest BCUT2D eigenvalue weighted by atomic mass is 16.2. The number of hydrogen-bond acceptors (Lipinski definition) is 3. The first-order valence-corrected chi connectivity index (χ1v) is 9.60. The summed E-state index contributed by atoms with van der Waals surface area (Å²) in [6.45, 7) is 4.15. The van der Waals surface area contributed by atoms with Gasteiger partial charge in [0.1, 0.15) is 6.04 Å². The second-order valence-corrected chi connectivity index (χ2v) is 7.16. The van der Waals surface area contributed by atoms with E-state index in [1.165, 1.54) is 23.9 Å². The number of nitrogens with one attached hydrogen (secondary N) is 2. The molecule has 0 spiro atoms. The minimum absolute atomic E-state index is 0.0473. The molecule has 138 valence electrons. The molecule has 1 aliphatic rings. The largest absolute Gasteiger partial charge is 0.374 e. The summed E-state index contributed by atoms with van der Waals surface area (Å²) < 4.78 is 0. The maximum Gasteiger partial charge on any atom is 0.246 e. The van der Waals surface area contributed by atoms with Gasteiger partial charge in [-0.05, 0) is 66.9 Å². The molecule has 0 radical (unpaired) electrons. The van der Waals surface area contributed by atoms with Gasteiger partial charge in [0.05, 0.1) is 0 Å². The van der Waals surface area contributed by atoms with E-state index in [1.54, 1.807) is 0 Å². The Morgan fingerprint density at radius 2 is 1.56 bits per heavy atom. The number of nitrogens with zero attached hydrogens (tertiary/aromatic N) is 1. The van der Waals surface area contributed by atoms with Gasteiger partial charge in [0.2, 0.25) is 5.91 Å². The maximum absolute atomic E-state index is 12.5. The lowest BCUT2D eigenvalue weighted by atomic mass is 10.1. The summed E-state index contributed by atoms with van der Waals surface area (Å²) in [4.78, 5) is 14.9. The zero-order valence-electron chi connectivity index (χ0n) is 15.6. The number of carbonyl (C=O) groups is 1. The first-order chi connectivity index (χ1) is 13.2. The molecule has 27 heavy (non-hydrogen) atoms. The van der Waals surface area contributed by atoms with Crippen LogP contribution < -0.4 is 15.5 Å². The molecule has 0 bridgehead atoms. The van der Waals surface area contributed by atoms with Gasteiger partial charge < -0.3 is 15.5 Å². The van der Waals surface area contributed by atoms with E-state index < -0.39 is 0 Å². The van der Waals surface area contributed by atoms with Gasteiger partial charge in [-0.15, -0.1) is 0 Å². The summed E-state index contributed by atoms with van der Waals surface area (Å²) in [5.74, 6) is -0.0473. The lowest BCUT2D eigenvalue weighted by Gasteiger charge is -2.19. The Balaban J connectivity index is 1.38. The van der Waals surface area contributed by atoms with Crippen molar-refractivity contribution in [1.29, 1.82) is 0 Å². The normalized spacial score (nSPS) is 14.9. The lowest BCUT2D eigenvalue weighted by Crippen LogP contribution is -2.31. The fourth-order valence-corrected chi connectivity index (χ4v) is 3.58. The minimum Gasteiger partial charge on any atom is -0.374 e. The van der Waals surface area contributed by atoms with Crippen molar-refractivity contribution in [2.45, 2.75) is 25.8 Å². The Kier molecular flexibility index (Phi) is 4.97. The van der Waals surface area contributed by atoms with Crippen LogP contribution in [0.2, 0.25) is 0 Å². The van der Waals surface area contributed by atoms with Crippen molar-refractivity contribution in [3.63, 3.8) is 0 Å². The molecule has 4 rings (SSSR count). The molecule has 1 heterocycles. The number of fused-ring (bicyclic) bond motifs is 1. The van der Waals surface area contributed by atoms with E-state index in [1.807, 2.05) is 49.4 Å². The Hall–Kier alpha value is -3.01. The molecule has 3 aromatic rings. The predicted molar refractivity (Wildman–Crippen MR) is 114 cm³/mol. The molecule has 0 unspecified atom stereocenters. The maximum atomic E-state index is 12.5. The highest BCUT2D eigenvalue weighted by molar-refractivity contribution is 5.98. The summed E-state index contributed by atoms with van der Waals surface area (Å²) >= 11 is 0. The van der Waals surface area contributed by atoms with E-state index in [9.17, 15) is 4.79 Å². The van der Waals surface area contributed by atoms with Crippen molar-refractivity contribution < 1.29 is 4.79 Å². The van der Waals surface area contributed by atoms with Crippen LogP contribution in [0.5, 0.6) is 0 Å². The lowest BCUT2D eigenvalue weighted by molar-refractivity contribution is -0.116. The third-order valence-corrected chi connectivity index (χ3v) is 5.13. The van der Waals surface area contributed by atoms with Crippen LogP contribution in [0.1, 0.15) is 19.8 Å². The van der Waals surface area contributed by atoms with E-state index in [0.717, 1.165) is 29.9 Å². The molecule has 3 aromatic carbocycles. The summed E-state index contributed by atoms with van der Waals surface area (Å²) in [6, 6.07) is 22.1. The van der Waals surface area contributed by atoms with Gasteiger partial charge >= 0.3 is 0 Å². The van der Waals surface area contributed by atoms with Crippen molar-refractivity contribution in [2.75, 3.05) is 28.6 Å². The number of benzene rings is 3. The van der Waals surface area contributed by atoms with Crippen LogP contribution >= 0.6 is 0 Å². The molecule has 0 aromatic heterocycles. The van der Waals surface area contributed by atoms with Gasteiger partial charge in [-0.25, -0.2) is 0 Å².